The molecule has 0 aliphatic carbocycles. The number of sulfonamides is 1. The number of nitrogens with zero attached hydrogens (tertiary/aromatic N) is 1. The van der Waals surface area contributed by atoms with E-state index in [9.17, 15) is 8.42 Å². The summed E-state index contributed by atoms with van der Waals surface area (Å²) in [5.41, 5.74) is 1.33. The molecule has 21 heavy (non-hydrogen) atoms. The van der Waals surface area contributed by atoms with Crippen LogP contribution in [-0.4, -0.2) is 18.4 Å². The van der Waals surface area contributed by atoms with Crippen LogP contribution in [0.3, 0.4) is 0 Å². The fourth-order valence-electron chi connectivity index (χ4n) is 1.92. The van der Waals surface area contributed by atoms with Crippen molar-refractivity contribution in [3.05, 3.63) is 53.7 Å². The molecule has 2 aromatic heterocycles. The highest BCUT2D eigenvalue weighted by atomic mass is 32.2. The third-order valence-corrected chi connectivity index (χ3v) is 5.74. The topological polar surface area (TPSA) is 74.8 Å². The average Bonchev–Trinajstić information content (AvgIpc) is 3.09. The highest BCUT2D eigenvalue weighted by molar-refractivity contribution is 7.94. The van der Waals surface area contributed by atoms with E-state index in [1.165, 1.54) is 11.3 Å². The van der Waals surface area contributed by atoms with Gasteiger partial charge in [-0.3, -0.25) is 4.72 Å². The monoisotopic (exact) mass is 319 g/mol. The third-order valence-electron chi connectivity index (χ3n) is 2.87. The molecule has 2 heterocycles. The minimum absolute atomic E-state index is 0.309. The molecule has 7 heteroatoms. The first kappa shape index (κ1) is 13.8. The molecule has 0 bridgehead atoms. The second-order valence-electron chi connectivity index (χ2n) is 4.49. The number of nitrogens with one attached hydrogen (secondary N) is 2. The summed E-state index contributed by atoms with van der Waals surface area (Å²) < 4.78 is 27.5. The van der Waals surface area contributed by atoms with Gasteiger partial charge in [-0.25, -0.2) is 13.4 Å². The zero-order valence-corrected chi connectivity index (χ0v) is 12.8. The number of aryl methyl sites for hydroxylation is 1. The highest BCUT2D eigenvalue weighted by Crippen LogP contribution is 2.25. The standard InChI is InChI=1S/C14H13N3O2S2/c1-10-5-6-13(20-10)21(18,19)17-12-4-2-3-11(9-12)14-15-7-8-16-14/h2-9,17H,1H3,(H,15,16). The van der Waals surface area contributed by atoms with Gasteiger partial charge in [0.2, 0.25) is 0 Å². The number of hydrogen-bond acceptors (Lipinski definition) is 4. The van der Waals surface area contributed by atoms with Crippen LogP contribution < -0.4 is 4.72 Å². The lowest BCUT2D eigenvalue weighted by molar-refractivity contribution is 0.603. The number of rotatable bonds is 4. The van der Waals surface area contributed by atoms with E-state index in [2.05, 4.69) is 14.7 Å². The second-order valence-corrected chi connectivity index (χ2v) is 7.69. The molecule has 0 aliphatic heterocycles. The van der Waals surface area contributed by atoms with Crippen molar-refractivity contribution in [2.24, 2.45) is 0 Å². The number of thiophene rings is 1. The van der Waals surface area contributed by atoms with Crippen LogP contribution in [0.2, 0.25) is 0 Å². The molecular formula is C14H13N3O2S2. The molecule has 0 unspecified atom stereocenters. The minimum atomic E-state index is -3.54. The molecule has 0 radical (unpaired) electrons. The van der Waals surface area contributed by atoms with Gasteiger partial charge in [-0.1, -0.05) is 12.1 Å². The fourth-order valence-corrected chi connectivity index (χ4v) is 4.25. The molecule has 0 aliphatic rings. The summed E-state index contributed by atoms with van der Waals surface area (Å²) in [5, 5.41) is 0. The number of aromatic amines is 1. The van der Waals surface area contributed by atoms with E-state index in [1.54, 1.807) is 42.7 Å². The van der Waals surface area contributed by atoms with Crippen LogP contribution in [0.1, 0.15) is 4.88 Å². The van der Waals surface area contributed by atoms with E-state index in [4.69, 9.17) is 0 Å². The molecule has 1 aromatic carbocycles. The molecule has 0 spiro atoms. The van der Waals surface area contributed by atoms with Gasteiger partial charge in [0.25, 0.3) is 10.0 Å². The number of benzene rings is 1. The van der Waals surface area contributed by atoms with E-state index in [0.29, 0.717) is 15.7 Å². The number of aromatic nitrogens is 2. The Hall–Kier alpha value is -2.12. The lowest BCUT2D eigenvalue weighted by Gasteiger charge is -2.07. The van der Waals surface area contributed by atoms with Gasteiger partial charge in [-0.15, -0.1) is 11.3 Å². The SMILES string of the molecule is Cc1ccc(S(=O)(=O)Nc2cccc(-c3ncc[nH]3)c2)s1. The maximum absolute atomic E-state index is 12.3. The first-order chi connectivity index (χ1) is 10.0. The molecule has 0 atom stereocenters. The summed E-state index contributed by atoms with van der Waals surface area (Å²) in [6.07, 6.45) is 3.38. The first-order valence-corrected chi connectivity index (χ1v) is 8.54. The van der Waals surface area contributed by atoms with Gasteiger partial charge in [0, 0.05) is 28.5 Å². The smallest absolute Gasteiger partial charge is 0.271 e. The molecule has 3 aromatic rings. The number of anilines is 1. The Kier molecular flexibility index (Phi) is 3.52. The van der Waals surface area contributed by atoms with Crippen LogP contribution in [0.15, 0.2) is 53.0 Å². The number of hydrogen-bond donors (Lipinski definition) is 2. The third kappa shape index (κ3) is 2.98. The van der Waals surface area contributed by atoms with Crippen LogP contribution in [-0.2, 0) is 10.0 Å². The summed E-state index contributed by atoms with van der Waals surface area (Å²) in [7, 11) is -3.54. The van der Waals surface area contributed by atoms with Crippen molar-refractivity contribution >= 4 is 27.0 Å². The first-order valence-electron chi connectivity index (χ1n) is 6.24. The normalized spacial score (nSPS) is 11.5. The summed E-state index contributed by atoms with van der Waals surface area (Å²) >= 11 is 1.25. The van der Waals surface area contributed by atoms with Crippen molar-refractivity contribution in [2.75, 3.05) is 4.72 Å². The molecule has 0 fully saturated rings. The van der Waals surface area contributed by atoms with Crippen LogP contribution in [0, 0.1) is 6.92 Å². The predicted octanol–water partition coefficient (Wildman–Crippen LogP) is 3.25. The van der Waals surface area contributed by atoms with Gasteiger partial charge in [-0.2, -0.15) is 0 Å². The maximum atomic E-state index is 12.3. The van der Waals surface area contributed by atoms with Crippen molar-refractivity contribution < 1.29 is 8.42 Å². The molecular weight excluding hydrogens is 306 g/mol. The summed E-state index contributed by atoms with van der Waals surface area (Å²) in [4.78, 5) is 8.11. The number of imidazole rings is 1. The molecule has 0 amide bonds. The summed E-state index contributed by atoms with van der Waals surface area (Å²) in [6, 6.07) is 10.5. The van der Waals surface area contributed by atoms with E-state index in [1.807, 2.05) is 13.0 Å². The Morgan fingerprint density at radius 2 is 2.10 bits per heavy atom. The molecule has 5 nitrogen and oxygen atoms in total. The zero-order valence-electron chi connectivity index (χ0n) is 11.2. The van der Waals surface area contributed by atoms with Gasteiger partial charge in [0.1, 0.15) is 10.0 Å². The van der Waals surface area contributed by atoms with Gasteiger partial charge < -0.3 is 4.98 Å². The van der Waals surface area contributed by atoms with E-state index in [0.717, 1.165) is 10.4 Å². The average molecular weight is 319 g/mol. The van der Waals surface area contributed by atoms with Crippen molar-refractivity contribution in [1.29, 1.82) is 0 Å². The van der Waals surface area contributed by atoms with Gasteiger partial charge >= 0.3 is 0 Å². The largest absolute Gasteiger partial charge is 0.345 e. The Morgan fingerprint density at radius 3 is 2.76 bits per heavy atom. The highest BCUT2D eigenvalue weighted by Gasteiger charge is 2.16. The Balaban J connectivity index is 1.90. The van der Waals surface area contributed by atoms with Crippen LogP contribution in [0.25, 0.3) is 11.4 Å². The molecule has 108 valence electrons. The quantitative estimate of drug-likeness (QED) is 0.775. The van der Waals surface area contributed by atoms with Crippen molar-refractivity contribution in [1.82, 2.24) is 9.97 Å². The number of H-pyrrole nitrogens is 1. The minimum Gasteiger partial charge on any atom is -0.345 e. The van der Waals surface area contributed by atoms with Crippen molar-refractivity contribution in [3.63, 3.8) is 0 Å². The van der Waals surface area contributed by atoms with Gasteiger partial charge in [-0.05, 0) is 31.2 Å². The maximum Gasteiger partial charge on any atom is 0.271 e. The molecule has 0 saturated heterocycles. The van der Waals surface area contributed by atoms with Crippen LogP contribution >= 0.6 is 11.3 Å². The fraction of sp³-hybridized carbons (Fsp3) is 0.0714. The van der Waals surface area contributed by atoms with E-state index >= 15 is 0 Å². The van der Waals surface area contributed by atoms with Gasteiger partial charge in [0.15, 0.2) is 0 Å². The Morgan fingerprint density at radius 1 is 1.24 bits per heavy atom. The Labute approximate surface area is 126 Å². The molecule has 3 rings (SSSR count). The van der Waals surface area contributed by atoms with Crippen molar-refractivity contribution in [3.8, 4) is 11.4 Å². The van der Waals surface area contributed by atoms with Crippen LogP contribution in [0.4, 0.5) is 5.69 Å². The molecule has 2 N–H and O–H groups in total. The van der Waals surface area contributed by atoms with E-state index < -0.39 is 10.0 Å². The van der Waals surface area contributed by atoms with Gasteiger partial charge in [0.05, 0.1) is 0 Å². The molecule has 0 saturated carbocycles. The Bertz CT molecular complexity index is 852. The van der Waals surface area contributed by atoms with E-state index in [-0.39, 0.29) is 0 Å². The van der Waals surface area contributed by atoms with Crippen LogP contribution in [0.5, 0.6) is 0 Å². The van der Waals surface area contributed by atoms with Crippen molar-refractivity contribution in [2.45, 2.75) is 11.1 Å². The second kappa shape index (κ2) is 5.34. The summed E-state index contributed by atoms with van der Waals surface area (Å²) in [5.74, 6) is 0.697. The predicted molar refractivity (Wildman–Crippen MR) is 83.9 cm³/mol. The summed E-state index contributed by atoms with van der Waals surface area (Å²) in [6.45, 7) is 1.88. The lowest BCUT2D eigenvalue weighted by Crippen LogP contribution is -2.11. The zero-order chi connectivity index (χ0) is 14.9. The lowest BCUT2D eigenvalue weighted by atomic mass is 10.2.